The first-order valence-corrected chi connectivity index (χ1v) is 3.00. The third kappa shape index (κ3) is 0.605. The van der Waals surface area contributed by atoms with Gasteiger partial charge in [0, 0.05) is 0 Å². The van der Waals surface area contributed by atoms with Gasteiger partial charge in [-0.05, 0) is 44.4 Å². The Morgan fingerprint density at radius 2 is 1.38 bits per heavy atom. The molecule has 1 aliphatic carbocycles. The van der Waals surface area contributed by atoms with Gasteiger partial charge in [-0.3, -0.25) is 0 Å². The van der Waals surface area contributed by atoms with Crippen molar-refractivity contribution in [2.75, 3.05) is 0 Å². The van der Waals surface area contributed by atoms with Crippen LogP contribution < -0.4 is 0 Å². The molecule has 0 heterocycles. The van der Waals surface area contributed by atoms with Crippen LogP contribution in [0.15, 0.2) is 22.3 Å². The van der Waals surface area contributed by atoms with E-state index in [4.69, 9.17) is 0 Å². The lowest BCUT2D eigenvalue weighted by molar-refractivity contribution is 1.35. The Bertz CT molecular complexity index is 153. The first-order chi connectivity index (χ1) is 3.64. The zero-order chi connectivity index (χ0) is 6.31. The summed E-state index contributed by atoms with van der Waals surface area (Å²) in [5.74, 6) is 0. The van der Waals surface area contributed by atoms with Crippen LogP contribution in [0.5, 0.6) is 0 Å². The molecular formula is C8H12. The first-order valence-electron chi connectivity index (χ1n) is 3.00. The van der Waals surface area contributed by atoms with Gasteiger partial charge in [0.15, 0.2) is 0 Å². The molecule has 0 heteroatoms. The Labute approximate surface area is 50.9 Å². The summed E-state index contributed by atoms with van der Waals surface area (Å²) in [7, 11) is 0. The molecule has 1 aliphatic rings. The van der Waals surface area contributed by atoms with Crippen LogP contribution in [0.2, 0.25) is 0 Å². The molecule has 0 bridgehead atoms. The van der Waals surface area contributed by atoms with E-state index in [1.807, 2.05) is 0 Å². The van der Waals surface area contributed by atoms with Crippen molar-refractivity contribution in [3.63, 3.8) is 0 Å². The highest BCUT2D eigenvalue weighted by Crippen LogP contribution is 2.39. The summed E-state index contributed by atoms with van der Waals surface area (Å²) in [4.78, 5) is 0. The molecule has 0 atom stereocenters. The van der Waals surface area contributed by atoms with Gasteiger partial charge < -0.3 is 0 Å². The highest BCUT2D eigenvalue weighted by Gasteiger charge is 2.20. The lowest BCUT2D eigenvalue weighted by Crippen LogP contribution is -1.63. The molecule has 0 nitrogen and oxygen atoms in total. The molecular weight excluding hydrogens is 96.1 g/mol. The normalized spacial score (nSPS) is 17.2. The van der Waals surface area contributed by atoms with E-state index < -0.39 is 0 Å². The Kier molecular flexibility index (Phi) is 1.04. The third-order valence-electron chi connectivity index (χ3n) is 1.75. The molecule has 44 valence electrons. The molecule has 0 saturated heterocycles. The van der Waals surface area contributed by atoms with Gasteiger partial charge in [0.25, 0.3) is 0 Å². The molecule has 0 radical (unpaired) electrons. The lowest BCUT2D eigenvalue weighted by Gasteiger charge is -1.83. The topological polar surface area (TPSA) is 0 Å². The van der Waals surface area contributed by atoms with E-state index in [9.17, 15) is 0 Å². The molecule has 0 N–H and O–H groups in total. The predicted octanol–water partition coefficient (Wildman–Crippen LogP) is 2.67. The van der Waals surface area contributed by atoms with Crippen LogP contribution in [0.4, 0.5) is 0 Å². The summed E-state index contributed by atoms with van der Waals surface area (Å²) in [5.41, 5.74) is 5.99. The largest absolute Gasteiger partial charge is 0.0686 e. The highest BCUT2D eigenvalue weighted by atomic mass is 14.2. The summed E-state index contributed by atoms with van der Waals surface area (Å²) in [5, 5.41) is 0. The second-order valence-electron chi connectivity index (χ2n) is 2.62. The van der Waals surface area contributed by atoms with Crippen LogP contribution in [0, 0.1) is 0 Å². The van der Waals surface area contributed by atoms with Crippen LogP contribution in [0.1, 0.15) is 27.7 Å². The van der Waals surface area contributed by atoms with Crippen molar-refractivity contribution in [2.45, 2.75) is 27.7 Å². The molecule has 0 amide bonds. The number of hydrogen-bond acceptors (Lipinski definition) is 0. The fourth-order valence-corrected chi connectivity index (χ4v) is 1.16. The predicted molar refractivity (Wildman–Crippen MR) is 36.7 cm³/mol. The Hall–Kier alpha value is -0.520. The fraction of sp³-hybridized carbons (Fsp3) is 0.500. The van der Waals surface area contributed by atoms with Gasteiger partial charge in [-0.25, -0.2) is 0 Å². The standard InChI is InChI=1S/C8H12/c1-5(2)8-6(3)7(8)4/h1-4H3. The molecule has 8 heavy (non-hydrogen) atoms. The van der Waals surface area contributed by atoms with Gasteiger partial charge in [0.1, 0.15) is 0 Å². The fourth-order valence-electron chi connectivity index (χ4n) is 1.16. The van der Waals surface area contributed by atoms with Crippen molar-refractivity contribution in [1.82, 2.24) is 0 Å². The molecule has 0 aromatic rings. The van der Waals surface area contributed by atoms with E-state index in [-0.39, 0.29) is 0 Å². The van der Waals surface area contributed by atoms with Crippen LogP contribution in [0.25, 0.3) is 0 Å². The van der Waals surface area contributed by atoms with Crippen molar-refractivity contribution in [3.8, 4) is 0 Å². The van der Waals surface area contributed by atoms with E-state index in [0.717, 1.165) is 0 Å². The van der Waals surface area contributed by atoms with Gasteiger partial charge in [-0.1, -0.05) is 5.57 Å². The van der Waals surface area contributed by atoms with Gasteiger partial charge in [0.2, 0.25) is 0 Å². The molecule has 0 spiro atoms. The molecule has 0 aromatic carbocycles. The van der Waals surface area contributed by atoms with Crippen molar-refractivity contribution < 1.29 is 0 Å². The van der Waals surface area contributed by atoms with Gasteiger partial charge >= 0.3 is 0 Å². The summed E-state index contributed by atoms with van der Waals surface area (Å²) in [6.07, 6.45) is 0. The van der Waals surface area contributed by atoms with E-state index in [1.165, 1.54) is 22.3 Å². The first kappa shape index (κ1) is 5.61. The van der Waals surface area contributed by atoms with Crippen LogP contribution in [-0.4, -0.2) is 0 Å². The van der Waals surface area contributed by atoms with Gasteiger partial charge in [-0.15, -0.1) is 0 Å². The molecule has 0 unspecified atom stereocenters. The SMILES string of the molecule is CC(C)=C1C(C)=C1C. The van der Waals surface area contributed by atoms with Crippen LogP contribution in [0.3, 0.4) is 0 Å². The smallest absolute Gasteiger partial charge is 0.0206 e. The molecule has 0 aromatic heterocycles. The van der Waals surface area contributed by atoms with Crippen LogP contribution >= 0.6 is 0 Å². The molecule has 0 fully saturated rings. The van der Waals surface area contributed by atoms with E-state index in [2.05, 4.69) is 27.7 Å². The van der Waals surface area contributed by atoms with Crippen molar-refractivity contribution in [1.29, 1.82) is 0 Å². The second kappa shape index (κ2) is 1.48. The number of hydrogen-bond donors (Lipinski definition) is 0. The minimum atomic E-state index is 1.46. The molecule has 0 saturated carbocycles. The van der Waals surface area contributed by atoms with Gasteiger partial charge in [-0.2, -0.15) is 0 Å². The average Bonchev–Trinajstić information content (AvgIpc) is 2.15. The summed E-state index contributed by atoms with van der Waals surface area (Å²) >= 11 is 0. The van der Waals surface area contributed by atoms with Crippen molar-refractivity contribution in [2.24, 2.45) is 0 Å². The maximum atomic E-state index is 2.18. The van der Waals surface area contributed by atoms with Crippen molar-refractivity contribution in [3.05, 3.63) is 22.3 Å². The average molecular weight is 108 g/mol. The van der Waals surface area contributed by atoms with Gasteiger partial charge in [0.05, 0.1) is 0 Å². The summed E-state index contributed by atoms with van der Waals surface area (Å²) < 4.78 is 0. The minimum Gasteiger partial charge on any atom is -0.0686 e. The van der Waals surface area contributed by atoms with E-state index >= 15 is 0 Å². The molecule has 0 aliphatic heterocycles. The monoisotopic (exact) mass is 108 g/mol. The van der Waals surface area contributed by atoms with E-state index in [0.29, 0.717) is 0 Å². The van der Waals surface area contributed by atoms with Crippen molar-refractivity contribution >= 4 is 0 Å². The highest BCUT2D eigenvalue weighted by molar-refractivity contribution is 5.65. The maximum absolute atomic E-state index is 2.18. The Balaban J connectivity index is 2.80. The minimum absolute atomic E-state index is 1.46. The van der Waals surface area contributed by atoms with E-state index in [1.54, 1.807) is 0 Å². The Morgan fingerprint density at radius 3 is 1.38 bits per heavy atom. The third-order valence-corrected chi connectivity index (χ3v) is 1.75. The quantitative estimate of drug-likeness (QED) is 0.447. The zero-order valence-corrected chi connectivity index (χ0v) is 6.00. The second-order valence-corrected chi connectivity index (χ2v) is 2.62. The Morgan fingerprint density at radius 1 is 1.00 bits per heavy atom. The summed E-state index contributed by atoms with van der Waals surface area (Å²) in [6, 6.07) is 0. The lowest BCUT2D eigenvalue weighted by atomic mass is 10.2. The number of allylic oxidation sites excluding steroid dienone is 4. The number of rotatable bonds is 0. The van der Waals surface area contributed by atoms with Crippen LogP contribution in [-0.2, 0) is 0 Å². The summed E-state index contributed by atoms with van der Waals surface area (Å²) in [6.45, 7) is 8.68. The molecule has 1 rings (SSSR count). The maximum Gasteiger partial charge on any atom is -0.0206 e. The zero-order valence-electron chi connectivity index (χ0n) is 6.00.